The van der Waals surface area contributed by atoms with E-state index in [9.17, 15) is 15.0 Å². The van der Waals surface area contributed by atoms with E-state index in [0.29, 0.717) is 5.56 Å². The number of carbonyl (C=O) groups excluding carboxylic acids is 1. The van der Waals surface area contributed by atoms with Gasteiger partial charge >= 0.3 is 5.97 Å². The molecule has 0 saturated heterocycles. The van der Waals surface area contributed by atoms with E-state index in [1.54, 1.807) is 0 Å². The minimum Gasteiger partial charge on any atom is -0.508 e. The van der Waals surface area contributed by atoms with Gasteiger partial charge in [0.2, 0.25) is 0 Å². The molecule has 0 fully saturated rings. The van der Waals surface area contributed by atoms with E-state index in [0.717, 1.165) is 22.5 Å². The summed E-state index contributed by atoms with van der Waals surface area (Å²) >= 11 is 6.15. The first kappa shape index (κ1) is 16.1. The highest BCUT2D eigenvalue weighted by atomic mass is 35.5. The number of hydrogen-bond acceptors (Lipinski definition) is 5. The Hall–Kier alpha value is -2.79. The number of aromatic nitrogens is 1. The molecule has 0 saturated carbocycles. The fourth-order valence-corrected chi connectivity index (χ4v) is 2.51. The summed E-state index contributed by atoms with van der Waals surface area (Å²) in [5, 5.41) is 20.1. The molecule has 5 nitrogen and oxygen atoms in total. The monoisotopic (exact) mass is 343 g/mol. The van der Waals surface area contributed by atoms with Crippen molar-refractivity contribution < 1.29 is 19.7 Å². The molecule has 6 heteroatoms. The Kier molecular flexibility index (Phi) is 4.27. The predicted octanol–water partition coefficient (Wildman–Crippen LogP) is 3.96. The highest BCUT2D eigenvalue weighted by Gasteiger charge is 2.14. The summed E-state index contributed by atoms with van der Waals surface area (Å²) in [6.07, 6.45) is 0. The molecule has 2 N–H and O–H groups in total. The van der Waals surface area contributed by atoms with Crippen LogP contribution in [0.4, 0.5) is 0 Å². The van der Waals surface area contributed by atoms with Crippen molar-refractivity contribution in [1.29, 1.82) is 0 Å². The molecule has 0 bridgehead atoms. The van der Waals surface area contributed by atoms with E-state index in [1.165, 1.54) is 12.1 Å². The zero-order chi connectivity index (χ0) is 17.3. The third kappa shape index (κ3) is 3.26. The smallest absolute Gasteiger partial charge is 0.342 e. The van der Waals surface area contributed by atoms with Crippen molar-refractivity contribution >= 4 is 28.5 Å². The van der Waals surface area contributed by atoms with Crippen LogP contribution in [0.2, 0.25) is 5.15 Å². The Labute approximate surface area is 143 Å². The Balaban J connectivity index is 1.81. The number of halogens is 1. The lowest BCUT2D eigenvalue weighted by Gasteiger charge is -2.09. The summed E-state index contributed by atoms with van der Waals surface area (Å²) in [7, 11) is 0. The number of aromatic hydroxyl groups is 2. The van der Waals surface area contributed by atoms with Gasteiger partial charge in [0.15, 0.2) is 0 Å². The van der Waals surface area contributed by atoms with Gasteiger partial charge in [0.25, 0.3) is 0 Å². The second-order valence-corrected chi connectivity index (χ2v) is 5.77. The van der Waals surface area contributed by atoms with Gasteiger partial charge in [-0.3, -0.25) is 0 Å². The quantitative estimate of drug-likeness (QED) is 0.555. The van der Waals surface area contributed by atoms with Gasteiger partial charge in [-0.1, -0.05) is 23.7 Å². The van der Waals surface area contributed by atoms with Crippen molar-refractivity contribution in [3.05, 3.63) is 64.3 Å². The molecule has 0 aliphatic rings. The third-order valence-electron chi connectivity index (χ3n) is 3.56. The molecule has 3 aromatic rings. The molecule has 0 amide bonds. The van der Waals surface area contributed by atoms with Gasteiger partial charge < -0.3 is 14.9 Å². The van der Waals surface area contributed by atoms with Crippen LogP contribution in [0.5, 0.6) is 11.5 Å². The average molecular weight is 344 g/mol. The number of esters is 1. The number of hydrogen-bond donors (Lipinski definition) is 2. The first-order chi connectivity index (χ1) is 11.4. The van der Waals surface area contributed by atoms with Gasteiger partial charge in [0.05, 0.1) is 5.52 Å². The van der Waals surface area contributed by atoms with Gasteiger partial charge in [0, 0.05) is 17.0 Å². The minimum absolute atomic E-state index is 0.0340. The molecule has 1 heterocycles. The molecule has 24 heavy (non-hydrogen) atoms. The van der Waals surface area contributed by atoms with Crippen LogP contribution in [-0.4, -0.2) is 21.2 Å². The van der Waals surface area contributed by atoms with Crippen LogP contribution in [0.15, 0.2) is 42.5 Å². The standard InChI is InChI=1S/C18H14ClNO4/c1-10-2-3-11-7-12(17(19)20-15(11)6-10)9-24-18(23)14-5-4-13(21)8-16(14)22/h2-8,21-22H,9H2,1H3. The molecule has 0 unspecified atom stereocenters. The number of aryl methyl sites for hydroxylation is 1. The van der Waals surface area contributed by atoms with Gasteiger partial charge in [-0.15, -0.1) is 0 Å². The number of phenols is 2. The van der Waals surface area contributed by atoms with Crippen LogP contribution in [0.25, 0.3) is 10.9 Å². The highest BCUT2D eigenvalue weighted by Crippen LogP contribution is 2.25. The van der Waals surface area contributed by atoms with Crippen LogP contribution in [0.1, 0.15) is 21.5 Å². The summed E-state index contributed by atoms with van der Waals surface area (Å²) in [6.45, 7) is 1.89. The number of fused-ring (bicyclic) bond motifs is 1. The Morgan fingerprint density at radius 3 is 2.71 bits per heavy atom. The maximum absolute atomic E-state index is 12.0. The van der Waals surface area contributed by atoms with Gasteiger partial charge in [-0.05, 0) is 36.8 Å². The SMILES string of the molecule is Cc1ccc2cc(COC(=O)c3ccc(O)cc3O)c(Cl)nc2c1. The lowest BCUT2D eigenvalue weighted by Crippen LogP contribution is -2.06. The van der Waals surface area contributed by atoms with Crippen molar-refractivity contribution in [3.63, 3.8) is 0 Å². The Morgan fingerprint density at radius 1 is 1.17 bits per heavy atom. The first-order valence-electron chi connectivity index (χ1n) is 7.19. The molecule has 0 spiro atoms. The topological polar surface area (TPSA) is 79.7 Å². The highest BCUT2D eigenvalue weighted by molar-refractivity contribution is 6.30. The number of rotatable bonds is 3. The van der Waals surface area contributed by atoms with E-state index in [2.05, 4.69) is 4.98 Å². The van der Waals surface area contributed by atoms with Crippen molar-refractivity contribution in [2.75, 3.05) is 0 Å². The Bertz CT molecular complexity index is 940. The van der Waals surface area contributed by atoms with E-state index in [-0.39, 0.29) is 28.8 Å². The molecule has 0 radical (unpaired) electrons. The largest absolute Gasteiger partial charge is 0.508 e. The summed E-state index contributed by atoms with van der Waals surface area (Å²) in [5.74, 6) is -1.20. The number of ether oxygens (including phenoxy) is 1. The Morgan fingerprint density at radius 2 is 1.96 bits per heavy atom. The molecular formula is C18H14ClNO4. The maximum atomic E-state index is 12.0. The van der Waals surface area contributed by atoms with Crippen LogP contribution in [-0.2, 0) is 11.3 Å². The number of benzene rings is 2. The molecule has 0 aliphatic heterocycles. The number of carbonyl (C=O) groups is 1. The van der Waals surface area contributed by atoms with Crippen molar-refractivity contribution in [1.82, 2.24) is 4.98 Å². The van der Waals surface area contributed by atoms with E-state index in [1.807, 2.05) is 31.2 Å². The van der Waals surface area contributed by atoms with Gasteiger partial charge in [-0.25, -0.2) is 9.78 Å². The number of pyridine rings is 1. The minimum atomic E-state index is -0.715. The molecular weight excluding hydrogens is 330 g/mol. The lowest BCUT2D eigenvalue weighted by molar-refractivity contribution is 0.0469. The summed E-state index contributed by atoms with van der Waals surface area (Å²) < 4.78 is 5.18. The van der Waals surface area contributed by atoms with Gasteiger partial charge in [-0.2, -0.15) is 0 Å². The second kappa shape index (κ2) is 6.37. The first-order valence-corrected chi connectivity index (χ1v) is 7.57. The zero-order valence-electron chi connectivity index (χ0n) is 12.8. The molecule has 3 rings (SSSR count). The van der Waals surface area contributed by atoms with E-state index < -0.39 is 5.97 Å². The van der Waals surface area contributed by atoms with Crippen molar-refractivity contribution in [2.45, 2.75) is 13.5 Å². The molecule has 0 aliphatic carbocycles. The fourth-order valence-electron chi connectivity index (χ4n) is 2.31. The van der Waals surface area contributed by atoms with E-state index in [4.69, 9.17) is 16.3 Å². The van der Waals surface area contributed by atoms with Crippen LogP contribution >= 0.6 is 11.6 Å². The number of phenolic OH excluding ortho intramolecular Hbond substituents is 2. The van der Waals surface area contributed by atoms with Crippen LogP contribution in [0.3, 0.4) is 0 Å². The lowest BCUT2D eigenvalue weighted by atomic mass is 10.1. The summed E-state index contributed by atoms with van der Waals surface area (Å²) in [5.41, 5.74) is 2.38. The normalized spacial score (nSPS) is 10.8. The average Bonchev–Trinajstić information content (AvgIpc) is 2.52. The van der Waals surface area contributed by atoms with Crippen LogP contribution in [0, 0.1) is 6.92 Å². The zero-order valence-corrected chi connectivity index (χ0v) is 13.5. The second-order valence-electron chi connectivity index (χ2n) is 5.41. The third-order valence-corrected chi connectivity index (χ3v) is 3.89. The van der Waals surface area contributed by atoms with Gasteiger partial charge in [0.1, 0.15) is 28.8 Å². The fraction of sp³-hybridized carbons (Fsp3) is 0.111. The molecule has 122 valence electrons. The summed E-state index contributed by atoms with van der Waals surface area (Å²) in [4.78, 5) is 16.4. The molecule has 2 aromatic carbocycles. The molecule has 1 aromatic heterocycles. The van der Waals surface area contributed by atoms with Crippen molar-refractivity contribution in [3.8, 4) is 11.5 Å². The van der Waals surface area contributed by atoms with E-state index >= 15 is 0 Å². The predicted molar refractivity (Wildman–Crippen MR) is 90.4 cm³/mol. The number of nitrogens with zero attached hydrogens (tertiary/aromatic N) is 1. The maximum Gasteiger partial charge on any atom is 0.342 e. The summed E-state index contributed by atoms with van der Waals surface area (Å²) in [6, 6.07) is 11.3. The van der Waals surface area contributed by atoms with Crippen molar-refractivity contribution in [2.24, 2.45) is 0 Å². The molecule has 0 atom stereocenters. The van der Waals surface area contributed by atoms with Crippen LogP contribution < -0.4 is 0 Å².